The Balaban J connectivity index is 1.31. The zero-order valence-corrected chi connectivity index (χ0v) is 16.5. The minimum atomic E-state index is 0.182. The van der Waals surface area contributed by atoms with E-state index in [0.29, 0.717) is 29.8 Å². The fourth-order valence-electron chi connectivity index (χ4n) is 3.64. The number of rotatable bonds is 7. The zero-order chi connectivity index (χ0) is 18.6. The molecule has 6 nitrogen and oxygen atoms in total. The van der Waals surface area contributed by atoms with Gasteiger partial charge in [0, 0.05) is 18.8 Å². The number of benzene rings is 1. The first-order valence-electron chi connectivity index (χ1n) is 9.11. The average molecular weight is 400 g/mol. The van der Waals surface area contributed by atoms with Crippen LogP contribution in [0.4, 0.5) is 5.13 Å². The number of Topliss-reactive ketones (excluding diaryl/α,β-unsaturated/α-hetero) is 1. The quantitative estimate of drug-likeness (QED) is 0.654. The van der Waals surface area contributed by atoms with Crippen LogP contribution in [0.1, 0.15) is 45.8 Å². The van der Waals surface area contributed by atoms with Gasteiger partial charge in [0.1, 0.15) is 20.8 Å². The van der Waals surface area contributed by atoms with Gasteiger partial charge < -0.3 is 5.73 Å². The lowest BCUT2D eigenvalue weighted by atomic mass is 10.0. The molecule has 2 atom stereocenters. The van der Waals surface area contributed by atoms with E-state index in [0.717, 1.165) is 46.3 Å². The van der Waals surface area contributed by atoms with Crippen molar-refractivity contribution < 1.29 is 4.79 Å². The fourth-order valence-corrected chi connectivity index (χ4v) is 5.38. The summed E-state index contributed by atoms with van der Waals surface area (Å²) in [7, 11) is 0. The van der Waals surface area contributed by atoms with Crippen LogP contribution < -0.4 is 5.73 Å². The maximum atomic E-state index is 12.3. The Hall–Kier alpha value is -2.19. The van der Waals surface area contributed by atoms with Crippen molar-refractivity contribution in [3.63, 3.8) is 0 Å². The van der Waals surface area contributed by atoms with Gasteiger partial charge in [-0.2, -0.15) is 0 Å². The third-order valence-corrected chi connectivity index (χ3v) is 6.77. The van der Waals surface area contributed by atoms with Gasteiger partial charge in [0.15, 0.2) is 0 Å². The number of nitrogens with zero attached hydrogens (tertiary/aromatic N) is 4. The first-order valence-corrected chi connectivity index (χ1v) is 10.7. The van der Waals surface area contributed by atoms with E-state index in [1.54, 1.807) is 11.3 Å². The van der Waals surface area contributed by atoms with Crippen molar-refractivity contribution in [3.05, 3.63) is 50.9 Å². The van der Waals surface area contributed by atoms with Gasteiger partial charge in [0.25, 0.3) is 0 Å². The lowest BCUT2D eigenvalue weighted by Gasteiger charge is -2.06. The number of nitrogen functional groups attached to an aromatic ring is 1. The molecule has 27 heavy (non-hydrogen) atoms. The molecule has 1 aromatic carbocycles. The first kappa shape index (κ1) is 18.2. The monoisotopic (exact) mass is 399 g/mol. The molecule has 2 aromatic heterocycles. The van der Waals surface area contributed by atoms with Gasteiger partial charge >= 0.3 is 0 Å². The molecule has 4 rings (SSSR count). The summed E-state index contributed by atoms with van der Waals surface area (Å²) >= 11 is 3.07. The predicted octanol–water partition coefficient (Wildman–Crippen LogP) is 3.45. The van der Waals surface area contributed by atoms with E-state index in [-0.39, 0.29) is 5.78 Å². The Morgan fingerprint density at radius 3 is 2.59 bits per heavy atom. The number of hydrogen-bond donors (Lipinski definition) is 1. The van der Waals surface area contributed by atoms with Gasteiger partial charge in [-0.05, 0) is 30.7 Å². The van der Waals surface area contributed by atoms with Gasteiger partial charge in [-0.3, -0.25) is 4.79 Å². The lowest BCUT2D eigenvalue weighted by Crippen LogP contribution is -2.06. The SMILES string of the molecule is Nc1nnc(C[C@@H]2CC[C@H](c3nnc(CC(=O)Cc4ccccc4)s3)C2)s1. The lowest BCUT2D eigenvalue weighted by molar-refractivity contribution is -0.117. The number of aromatic nitrogens is 4. The van der Waals surface area contributed by atoms with Gasteiger partial charge in [-0.1, -0.05) is 41.7 Å². The van der Waals surface area contributed by atoms with Crippen LogP contribution in [0.25, 0.3) is 0 Å². The Morgan fingerprint density at radius 2 is 1.81 bits per heavy atom. The van der Waals surface area contributed by atoms with E-state index in [2.05, 4.69) is 20.4 Å². The molecule has 0 aliphatic heterocycles. The first-order chi connectivity index (χ1) is 13.2. The summed E-state index contributed by atoms with van der Waals surface area (Å²) in [6.07, 6.45) is 5.12. The molecule has 1 aliphatic carbocycles. The van der Waals surface area contributed by atoms with Crippen molar-refractivity contribution in [2.75, 3.05) is 5.73 Å². The van der Waals surface area contributed by atoms with Gasteiger partial charge in [0.05, 0.1) is 6.42 Å². The van der Waals surface area contributed by atoms with E-state index < -0.39 is 0 Å². The third-order valence-electron chi connectivity index (χ3n) is 4.91. The number of nitrogens with two attached hydrogens (primary N) is 1. The minimum absolute atomic E-state index is 0.182. The van der Waals surface area contributed by atoms with Crippen LogP contribution in [0.15, 0.2) is 30.3 Å². The Bertz CT molecular complexity index is 908. The van der Waals surface area contributed by atoms with Crippen molar-refractivity contribution in [3.8, 4) is 0 Å². The van der Waals surface area contributed by atoms with Crippen molar-refractivity contribution >= 4 is 33.6 Å². The normalized spacial score (nSPS) is 19.4. The standard InChI is InChI=1S/C19H21N5OS2/c20-19-24-22-16(27-19)10-13-6-7-14(8-13)18-23-21-17(26-18)11-15(25)9-12-4-2-1-3-5-12/h1-5,13-14H,6-11H2,(H2,20,24)/t13-,14+/m1/s1. The molecular weight excluding hydrogens is 378 g/mol. The number of carbonyl (C=O) groups is 1. The highest BCUT2D eigenvalue weighted by Crippen LogP contribution is 2.41. The minimum Gasteiger partial charge on any atom is -0.374 e. The highest BCUT2D eigenvalue weighted by molar-refractivity contribution is 7.15. The predicted molar refractivity (Wildman–Crippen MR) is 107 cm³/mol. The highest BCUT2D eigenvalue weighted by atomic mass is 32.1. The highest BCUT2D eigenvalue weighted by Gasteiger charge is 2.29. The van der Waals surface area contributed by atoms with E-state index in [4.69, 9.17) is 5.73 Å². The van der Waals surface area contributed by atoms with Gasteiger partial charge in [-0.15, -0.1) is 31.7 Å². The zero-order valence-electron chi connectivity index (χ0n) is 14.9. The smallest absolute Gasteiger partial charge is 0.203 e. The van der Waals surface area contributed by atoms with Crippen LogP contribution >= 0.6 is 22.7 Å². The largest absolute Gasteiger partial charge is 0.374 e. The molecule has 3 aromatic rings. The molecule has 0 amide bonds. The molecular formula is C19H21N5OS2. The van der Waals surface area contributed by atoms with Crippen LogP contribution in [-0.4, -0.2) is 26.2 Å². The molecule has 0 saturated heterocycles. The van der Waals surface area contributed by atoms with Crippen LogP contribution in [0.3, 0.4) is 0 Å². The Morgan fingerprint density at radius 1 is 1.00 bits per heavy atom. The second kappa shape index (κ2) is 8.22. The molecule has 0 spiro atoms. The van der Waals surface area contributed by atoms with E-state index in [1.807, 2.05) is 30.3 Å². The van der Waals surface area contributed by atoms with Crippen molar-refractivity contribution in [1.82, 2.24) is 20.4 Å². The van der Waals surface area contributed by atoms with Crippen molar-refractivity contribution in [2.24, 2.45) is 5.92 Å². The molecule has 0 unspecified atom stereocenters. The summed E-state index contributed by atoms with van der Waals surface area (Å²) in [6, 6.07) is 9.83. The summed E-state index contributed by atoms with van der Waals surface area (Å²) < 4.78 is 0. The summed E-state index contributed by atoms with van der Waals surface area (Å²) in [5.41, 5.74) is 6.71. The Labute approximate surface area is 165 Å². The average Bonchev–Trinajstić information content (AvgIpc) is 3.38. The van der Waals surface area contributed by atoms with Crippen LogP contribution in [0, 0.1) is 5.92 Å². The van der Waals surface area contributed by atoms with Crippen LogP contribution in [0.2, 0.25) is 0 Å². The van der Waals surface area contributed by atoms with Gasteiger partial charge in [-0.25, -0.2) is 0 Å². The maximum absolute atomic E-state index is 12.3. The number of anilines is 1. The molecule has 1 aliphatic rings. The molecule has 2 N–H and O–H groups in total. The molecule has 140 valence electrons. The summed E-state index contributed by atoms with van der Waals surface area (Å²) in [6.45, 7) is 0. The topological polar surface area (TPSA) is 94.7 Å². The molecule has 0 bridgehead atoms. The third kappa shape index (κ3) is 4.75. The molecule has 1 saturated carbocycles. The number of ketones is 1. The fraction of sp³-hybridized carbons (Fsp3) is 0.421. The van der Waals surface area contributed by atoms with Crippen LogP contribution in [0.5, 0.6) is 0 Å². The van der Waals surface area contributed by atoms with Crippen molar-refractivity contribution in [1.29, 1.82) is 0 Å². The second-order valence-corrected chi connectivity index (χ2v) is 9.21. The summed E-state index contributed by atoms with van der Waals surface area (Å²) in [5.74, 6) is 1.22. The number of hydrogen-bond acceptors (Lipinski definition) is 8. The molecule has 8 heteroatoms. The summed E-state index contributed by atoms with van der Waals surface area (Å²) in [4.78, 5) is 12.3. The van der Waals surface area contributed by atoms with Gasteiger partial charge in [0.2, 0.25) is 5.13 Å². The molecule has 0 radical (unpaired) electrons. The van der Waals surface area contributed by atoms with E-state index in [1.165, 1.54) is 11.3 Å². The maximum Gasteiger partial charge on any atom is 0.203 e. The van der Waals surface area contributed by atoms with E-state index >= 15 is 0 Å². The van der Waals surface area contributed by atoms with Crippen LogP contribution in [-0.2, 0) is 24.1 Å². The number of carbonyl (C=O) groups excluding carboxylic acids is 1. The van der Waals surface area contributed by atoms with E-state index in [9.17, 15) is 4.79 Å². The molecule has 1 fully saturated rings. The van der Waals surface area contributed by atoms with Crippen molar-refractivity contribution in [2.45, 2.75) is 44.4 Å². The Kier molecular flexibility index (Phi) is 5.54. The molecule has 2 heterocycles. The summed E-state index contributed by atoms with van der Waals surface area (Å²) in [5, 5.41) is 20.1. The second-order valence-electron chi connectivity index (χ2n) is 7.03.